The molecule has 0 spiro atoms. The van der Waals surface area contributed by atoms with Crippen LogP contribution in [-0.2, 0) is 17.4 Å². The Labute approximate surface area is 200 Å². The van der Waals surface area contributed by atoms with Crippen molar-refractivity contribution in [2.45, 2.75) is 51.6 Å². The van der Waals surface area contributed by atoms with E-state index in [0.717, 1.165) is 28.8 Å². The third-order valence-corrected chi connectivity index (χ3v) is 6.22. The molecule has 0 aliphatic rings. The summed E-state index contributed by atoms with van der Waals surface area (Å²) < 4.78 is 49.2. The summed E-state index contributed by atoms with van der Waals surface area (Å²) >= 11 is 1.33. The van der Waals surface area contributed by atoms with Crippen molar-refractivity contribution in [1.29, 1.82) is 0 Å². The van der Waals surface area contributed by atoms with E-state index in [4.69, 9.17) is 9.15 Å². The highest BCUT2D eigenvalue weighted by molar-refractivity contribution is 7.99. The minimum absolute atomic E-state index is 0.143. The van der Waals surface area contributed by atoms with Crippen LogP contribution in [0, 0.1) is 20.8 Å². The Morgan fingerprint density at radius 2 is 1.62 bits per heavy atom. The van der Waals surface area contributed by atoms with Gasteiger partial charge < -0.3 is 9.15 Å². The summed E-state index contributed by atoms with van der Waals surface area (Å²) in [4.78, 5) is 25.7. The highest BCUT2D eigenvalue weighted by atomic mass is 32.2. The summed E-state index contributed by atoms with van der Waals surface area (Å²) in [6.45, 7) is 7.39. The van der Waals surface area contributed by atoms with Gasteiger partial charge in [-0.1, -0.05) is 24.6 Å². The van der Waals surface area contributed by atoms with Gasteiger partial charge in [-0.05, 0) is 61.7 Å². The fraction of sp³-hybridized carbons (Fsp3) is 0.308. The molecule has 1 heterocycles. The number of thioether (sulfide) groups is 1. The maximum Gasteiger partial charge on any atom is 0.416 e. The molecule has 3 aromatic rings. The molecule has 0 radical (unpaired) electrons. The Bertz CT molecular complexity index is 1220. The Hall–Kier alpha value is -3.00. The summed E-state index contributed by atoms with van der Waals surface area (Å²) in [6, 6.07) is 10.3. The van der Waals surface area contributed by atoms with Gasteiger partial charge in [-0.2, -0.15) is 13.2 Å². The SMILES string of the molecule is CCC(=O)Oc1cc(CCSc2ccc(C(F)(F)F)cc2)oc(=O)c1-c1c(C)cc(C)cc1C. The minimum atomic E-state index is -4.38. The first kappa shape index (κ1) is 25.6. The molecular weight excluding hydrogens is 465 g/mol. The van der Waals surface area contributed by atoms with Crippen molar-refractivity contribution in [2.75, 3.05) is 5.75 Å². The quantitative estimate of drug-likeness (QED) is 0.266. The van der Waals surface area contributed by atoms with Crippen molar-refractivity contribution < 1.29 is 27.1 Å². The van der Waals surface area contributed by atoms with Crippen LogP contribution in [0.1, 0.15) is 41.4 Å². The van der Waals surface area contributed by atoms with E-state index < -0.39 is 23.3 Å². The largest absolute Gasteiger partial charge is 0.427 e. The summed E-state index contributed by atoms with van der Waals surface area (Å²) in [5.74, 6) is 0.457. The number of benzene rings is 2. The topological polar surface area (TPSA) is 56.5 Å². The predicted octanol–water partition coefficient (Wildman–Crippen LogP) is 6.90. The lowest BCUT2D eigenvalue weighted by atomic mass is 9.94. The smallest absolute Gasteiger partial charge is 0.416 e. The zero-order chi connectivity index (χ0) is 25.0. The van der Waals surface area contributed by atoms with Gasteiger partial charge in [-0.25, -0.2) is 4.79 Å². The molecular formula is C26H25F3O4S. The van der Waals surface area contributed by atoms with Crippen molar-refractivity contribution in [2.24, 2.45) is 0 Å². The maximum absolute atomic E-state index is 13.0. The van der Waals surface area contributed by atoms with E-state index in [-0.39, 0.29) is 17.7 Å². The van der Waals surface area contributed by atoms with Crippen LogP contribution in [0.2, 0.25) is 0 Å². The van der Waals surface area contributed by atoms with Gasteiger partial charge in [0.05, 0.1) is 5.56 Å². The highest BCUT2D eigenvalue weighted by Crippen LogP contribution is 2.34. The second-order valence-electron chi connectivity index (χ2n) is 7.96. The minimum Gasteiger partial charge on any atom is -0.427 e. The van der Waals surface area contributed by atoms with E-state index in [9.17, 15) is 22.8 Å². The predicted molar refractivity (Wildman–Crippen MR) is 126 cm³/mol. The van der Waals surface area contributed by atoms with Crippen LogP contribution in [0.25, 0.3) is 11.1 Å². The first-order valence-electron chi connectivity index (χ1n) is 10.8. The van der Waals surface area contributed by atoms with E-state index in [2.05, 4.69) is 0 Å². The number of ether oxygens (including phenoxy) is 1. The van der Waals surface area contributed by atoms with Crippen LogP contribution in [-0.4, -0.2) is 11.7 Å². The molecule has 180 valence electrons. The Balaban J connectivity index is 1.87. The molecule has 34 heavy (non-hydrogen) atoms. The monoisotopic (exact) mass is 490 g/mol. The Kier molecular flexibility index (Phi) is 7.92. The van der Waals surface area contributed by atoms with Crippen molar-refractivity contribution >= 4 is 17.7 Å². The van der Waals surface area contributed by atoms with Crippen LogP contribution in [0.5, 0.6) is 5.75 Å². The molecule has 2 aromatic carbocycles. The average Bonchev–Trinajstić information content (AvgIpc) is 2.74. The van der Waals surface area contributed by atoms with E-state index in [1.54, 1.807) is 13.0 Å². The molecule has 0 unspecified atom stereocenters. The molecule has 0 aliphatic heterocycles. The fourth-order valence-electron chi connectivity index (χ4n) is 3.73. The van der Waals surface area contributed by atoms with E-state index >= 15 is 0 Å². The molecule has 4 nitrogen and oxygen atoms in total. The van der Waals surface area contributed by atoms with Gasteiger partial charge in [0, 0.05) is 29.6 Å². The van der Waals surface area contributed by atoms with Crippen molar-refractivity contribution in [1.82, 2.24) is 0 Å². The second-order valence-corrected chi connectivity index (χ2v) is 9.13. The number of rotatable bonds is 7. The lowest BCUT2D eigenvalue weighted by molar-refractivity contribution is -0.137. The number of carbonyl (C=O) groups is 1. The van der Waals surface area contributed by atoms with Crippen molar-refractivity contribution in [3.63, 3.8) is 0 Å². The second kappa shape index (κ2) is 10.5. The molecule has 0 atom stereocenters. The molecule has 0 fully saturated rings. The number of aryl methyl sites for hydroxylation is 4. The first-order valence-corrected chi connectivity index (χ1v) is 11.7. The molecule has 0 saturated carbocycles. The van der Waals surface area contributed by atoms with E-state index in [0.29, 0.717) is 28.4 Å². The lowest BCUT2D eigenvalue weighted by Gasteiger charge is -2.15. The van der Waals surface area contributed by atoms with Crippen LogP contribution >= 0.6 is 11.8 Å². The molecule has 0 bridgehead atoms. The highest BCUT2D eigenvalue weighted by Gasteiger charge is 2.30. The average molecular weight is 491 g/mol. The zero-order valence-corrected chi connectivity index (χ0v) is 20.2. The van der Waals surface area contributed by atoms with E-state index in [1.165, 1.54) is 23.9 Å². The third-order valence-electron chi connectivity index (χ3n) is 5.20. The first-order chi connectivity index (χ1) is 16.0. The normalized spacial score (nSPS) is 11.5. The van der Waals surface area contributed by atoms with Crippen LogP contribution in [0.15, 0.2) is 56.6 Å². The molecule has 1 aromatic heterocycles. The molecule has 0 aliphatic carbocycles. The van der Waals surface area contributed by atoms with Gasteiger partial charge >= 0.3 is 17.8 Å². The maximum atomic E-state index is 13.0. The van der Waals surface area contributed by atoms with Crippen LogP contribution in [0.3, 0.4) is 0 Å². The van der Waals surface area contributed by atoms with Crippen molar-refractivity contribution in [3.05, 3.63) is 80.9 Å². The Morgan fingerprint density at radius 3 is 2.18 bits per heavy atom. The van der Waals surface area contributed by atoms with Crippen LogP contribution < -0.4 is 10.4 Å². The van der Waals surface area contributed by atoms with Gasteiger partial charge in [0.15, 0.2) is 0 Å². The lowest BCUT2D eigenvalue weighted by Crippen LogP contribution is -2.14. The van der Waals surface area contributed by atoms with Gasteiger partial charge in [-0.15, -0.1) is 11.8 Å². The van der Waals surface area contributed by atoms with Gasteiger partial charge in [-0.3, -0.25) is 4.79 Å². The van der Waals surface area contributed by atoms with Gasteiger partial charge in [0.25, 0.3) is 0 Å². The molecule has 8 heteroatoms. The van der Waals surface area contributed by atoms with Crippen LogP contribution in [0.4, 0.5) is 13.2 Å². The number of esters is 1. The number of halogens is 3. The third kappa shape index (κ3) is 6.11. The van der Waals surface area contributed by atoms with Gasteiger partial charge in [0.1, 0.15) is 17.1 Å². The number of hydrogen-bond donors (Lipinski definition) is 0. The Morgan fingerprint density at radius 1 is 1.00 bits per heavy atom. The molecule has 3 rings (SSSR count). The number of alkyl halides is 3. The van der Waals surface area contributed by atoms with E-state index in [1.807, 2.05) is 32.9 Å². The summed E-state index contributed by atoms with van der Waals surface area (Å²) in [5.41, 5.74) is 2.34. The van der Waals surface area contributed by atoms with Crippen molar-refractivity contribution in [3.8, 4) is 16.9 Å². The standard InChI is InChI=1S/C26H25F3O4S/c1-5-22(30)33-21-14-19(10-11-34-20-8-6-18(7-9-20)26(27,28)29)32-25(31)24(21)23-16(3)12-15(2)13-17(23)4/h6-9,12-14H,5,10-11H2,1-4H3. The number of carbonyl (C=O) groups excluding carboxylic acids is 1. The molecule has 0 amide bonds. The zero-order valence-electron chi connectivity index (χ0n) is 19.3. The molecule has 0 N–H and O–H groups in total. The van der Waals surface area contributed by atoms with Gasteiger partial charge in [0.2, 0.25) is 0 Å². The molecule has 0 saturated heterocycles. The summed E-state index contributed by atoms with van der Waals surface area (Å²) in [6.07, 6.45) is -3.91. The fourth-order valence-corrected chi connectivity index (χ4v) is 4.59. The summed E-state index contributed by atoms with van der Waals surface area (Å²) in [7, 11) is 0. The number of hydrogen-bond acceptors (Lipinski definition) is 5. The summed E-state index contributed by atoms with van der Waals surface area (Å²) in [5, 5.41) is 0.